The number of hydrogen-bond acceptors (Lipinski definition) is 3. The van der Waals surface area contributed by atoms with Gasteiger partial charge in [-0.2, -0.15) is 0 Å². The molecule has 1 aromatic rings. The van der Waals surface area contributed by atoms with E-state index in [1.165, 1.54) is 18.2 Å². The van der Waals surface area contributed by atoms with E-state index < -0.39 is 0 Å². The number of halogens is 2. The monoisotopic (exact) mass is 332 g/mol. The molecule has 1 fully saturated rings. The van der Waals surface area contributed by atoms with Gasteiger partial charge in [-0.3, -0.25) is 4.79 Å². The summed E-state index contributed by atoms with van der Waals surface area (Å²) in [5.74, 6) is 0.367. The SMILES string of the molecule is CSc1cc(C(=O)NCC2CCCNC2)c(Cl)cc1Cl. The van der Waals surface area contributed by atoms with Crippen LogP contribution in [-0.4, -0.2) is 31.8 Å². The lowest BCUT2D eigenvalue weighted by Crippen LogP contribution is -2.38. The second kappa shape index (κ2) is 7.55. The Hall–Kier alpha value is -0.420. The van der Waals surface area contributed by atoms with Gasteiger partial charge in [0, 0.05) is 11.4 Å². The minimum Gasteiger partial charge on any atom is -0.352 e. The summed E-state index contributed by atoms with van der Waals surface area (Å²) in [6, 6.07) is 3.38. The zero-order valence-corrected chi connectivity index (χ0v) is 13.7. The van der Waals surface area contributed by atoms with E-state index in [9.17, 15) is 4.79 Å². The molecule has 1 aliphatic rings. The molecule has 3 nitrogen and oxygen atoms in total. The molecule has 1 aromatic carbocycles. The van der Waals surface area contributed by atoms with Crippen molar-refractivity contribution in [3.63, 3.8) is 0 Å². The third-order valence-electron chi connectivity index (χ3n) is 3.44. The minimum absolute atomic E-state index is 0.132. The maximum atomic E-state index is 12.2. The van der Waals surface area contributed by atoms with Crippen LogP contribution in [0.4, 0.5) is 0 Å². The highest BCUT2D eigenvalue weighted by atomic mass is 35.5. The summed E-state index contributed by atoms with van der Waals surface area (Å²) in [6.07, 6.45) is 4.24. The number of rotatable bonds is 4. The van der Waals surface area contributed by atoms with Crippen LogP contribution in [-0.2, 0) is 0 Å². The number of thioether (sulfide) groups is 1. The van der Waals surface area contributed by atoms with Crippen molar-refractivity contribution in [1.29, 1.82) is 0 Å². The quantitative estimate of drug-likeness (QED) is 0.830. The topological polar surface area (TPSA) is 41.1 Å². The number of hydrogen-bond donors (Lipinski definition) is 2. The van der Waals surface area contributed by atoms with Gasteiger partial charge in [0.05, 0.1) is 15.6 Å². The number of carbonyl (C=O) groups is 1. The first kappa shape index (κ1) is 16.0. The Morgan fingerprint density at radius 3 is 2.90 bits per heavy atom. The van der Waals surface area contributed by atoms with Crippen molar-refractivity contribution in [1.82, 2.24) is 10.6 Å². The van der Waals surface area contributed by atoms with Crippen LogP contribution in [0.3, 0.4) is 0 Å². The fourth-order valence-electron chi connectivity index (χ4n) is 2.29. The molecule has 20 heavy (non-hydrogen) atoms. The van der Waals surface area contributed by atoms with Crippen LogP contribution in [0.2, 0.25) is 10.0 Å². The normalized spacial score (nSPS) is 18.9. The van der Waals surface area contributed by atoms with Gasteiger partial charge in [0.1, 0.15) is 0 Å². The van der Waals surface area contributed by atoms with Gasteiger partial charge >= 0.3 is 0 Å². The molecule has 1 amide bonds. The molecular formula is C14H18Cl2N2OS. The Labute approximate surface area is 133 Å². The van der Waals surface area contributed by atoms with E-state index >= 15 is 0 Å². The van der Waals surface area contributed by atoms with Gasteiger partial charge in [0.15, 0.2) is 0 Å². The lowest BCUT2D eigenvalue weighted by atomic mass is 9.99. The van der Waals surface area contributed by atoms with E-state index in [1.54, 1.807) is 12.1 Å². The van der Waals surface area contributed by atoms with Crippen LogP contribution < -0.4 is 10.6 Å². The maximum Gasteiger partial charge on any atom is 0.252 e. The summed E-state index contributed by atoms with van der Waals surface area (Å²) in [5.41, 5.74) is 0.490. The zero-order valence-electron chi connectivity index (χ0n) is 11.3. The number of piperidine rings is 1. The number of carbonyl (C=O) groups excluding carboxylic acids is 1. The number of nitrogens with one attached hydrogen (secondary N) is 2. The van der Waals surface area contributed by atoms with E-state index in [-0.39, 0.29) is 5.91 Å². The van der Waals surface area contributed by atoms with Gasteiger partial charge in [-0.25, -0.2) is 0 Å². The molecule has 0 saturated carbocycles. The summed E-state index contributed by atoms with van der Waals surface area (Å²) in [4.78, 5) is 13.1. The van der Waals surface area contributed by atoms with Crippen LogP contribution in [0.1, 0.15) is 23.2 Å². The Morgan fingerprint density at radius 2 is 2.25 bits per heavy atom. The first-order valence-electron chi connectivity index (χ1n) is 6.63. The first-order valence-corrected chi connectivity index (χ1v) is 8.62. The fourth-order valence-corrected chi connectivity index (χ4v) is 3.48. The second-order valence-electron chi connectivity index (χ2n) is 4.89. The fraction of sp³-hybridized carbons (Fsp3) is 0.500. The predicted octanol–water partition coefficient (Wildman–Crippen LogP) is 3.44. The highest BCUT2D eigenvalue weighted by Gasteiger charge is 2.17. The lowest BCUT2D eigenvalue weighted by Gasteiger charge is -2.23. The predicted molar refractivity (Wildman–Crippen MR) is 86.2 cm³/mol. The molecule has 1 unspecified atom stereocenters. The molecule has 0 aliphatic carbocycles. The van der Waals surface area contributed by atoms with Gasteiger partial charge in [0.2, 0.25) is 0 Å². The molecule has 0 spiro atoms. The summed E-state index contributed by atoms with van der Waals surface area (Å²) < 4.78 is 0. The molecular weight excluding hydrogens is 315 g/mol. The second-order valence-corrected chi connectivity index (χ2v) is 6.55. The van der Waals surface area contributed by atoms with Crippen LogP contribution >= 0.6 is 35.0 Å². The molecule has 1 atom stereocenters. The highest BCUT2D eigenvalue weighted by Crippen LogP contribution is 2.31. The summed E-state index contributed by atoms with van der Waals surface area (Å²) in [5, 5.41) is 7.28. The Kier molecular flexibility index (Phi) is 6.02. The molecule has 0 aromatic heterocycles. The number of benzene rings is 1. The molecule has 2 rings (SSSR count). The van der Waals surface area contributed by atoms with Crippen molar-refractivity contribution in [2.24, 2.45) is 5.92 Å². The van der Waals surface area contributed by atoms with Crippen molar-refractivity contribution in [2.45, 2.75) is 17.7 Å². The smallest absolute Gasteiger partial charge is 0.252 e. The van der Waals surface area contributed by atoms with Crippen molar-refractivity contribution >= 4 is 40.9 Å². The summed E-state index contributed by atoms with van der Waals surface area (Å²) in [7, 11) is 0. The average molecular weight is 333 g/mol. The van der Waals surface area contributed by atoms with Gasteiger partial charge in [0.25, 0.3) is 5.91 Å². The molecule has 110 valence electrons. The molecule has 1 heterocycles. The lowest BCUT2D eigenvalue weighted by molar-refractivity contribution is 0.0945. The van der Waals surface area contributed by atoms with E-state index in [0.29, 0.717) is 28.1 Å². The number of amides is 1. The highest BCUT2D eigenvalue weighted by molar-refractivity contribution is 7.98. The summed E-state index contributed by atoms with van der Waals surface area (Å²) in [6.45, 7) is 2.72. The largest absolute Gasteiger partial charge is 0.352 e. The van der Waals surface area contributed by atoms with E-state index in [2.05, 4.69) is 10.6 Å². The maximum absolute atomic E-state index is 12.2. The Balaban J connectivity index is 2.01. The zero-order chi connectivity index (χ0) is 14.5. The molecule has 1 saturated heterocycles. The van der Waals surface area contributed by atoms with Crippen molar-refractivity contribution in [3.8, 4) is 0 Å². The molecule has 2 N–H and O–H groups in total. The summed E-state index contributed by atoms with van der Waals surface area (Å²) >= 11 is 13.7. The van der Waals surface area contributed by atoms with Crippen molar-refractivity contribution in [2.75, 3.05) is 25.9 Å². The molecule has 0 radical (unpaired) electrons. The minimum atomic E-state index is -0.132. The van der Waals surface area contributed by atoms with Crippen LogP contribution in [0.15, 0.2) is 17.0 Å². The third-order valence-corrected chi connectivity index (χ3v) is 4.95. The molecule has 1 aliphatic heterocycles. The van der Waals surface area contributed by atoms with Crippen molar-refractivity contribution in [3.05, 3.63) is 27.7 Å². The molecule has 0 bridgehead atoms. The van der Waals surface area contributed by atoms with Crippen molar-refractivity contribution < 1.29 is 4.79 Å². The van der Waals surface area contributed by atoms with Gasteiger partial charge in [-0.05, 0) is 50.2 Å². The van der Waals surface area contributed by atoms with Crippen LogP contribution in [0.5, 0.6) is 0 Å². The first-order chi connectivity index (χ1) is 9.61. The molecule has 6 heteroatoms. The van der Waals surface area contributed by atoms with Crippen LogP contribution in [0.25, 0.3) is 0 Å². The van der Waals surface area contributed by atoms with Gasteiger partial charge < -0.3 is 10.6 Å². The standard InChI is InChI=1S/C14H18Cl2N2OS/c1-20-13-5-10(11(15)6-12(13)16)14(19)18-8-9-3-2-4-17-7-9/h5-6,9,17H,2-4,7-8H2,1H3,(H,18,19). The van der Waals surface area contributed by atoms with Gasteiger partial charge in [-0.15, -0.1) is 11.8 Å². The third kappa shape index (κ3) is 4.04. The van der Waals surface area contributed by atoms with E-state index in [0.717, 1.165) is 24.4 Å². The average Bonchev–Trinajstić information content (AvgIpc) is 2.46. The van der Waals surface area contributed by atoms with E-state index in [4.69, 9.17) is 23.2 Å². The Morgan fingerprint density at radius 1 is 1.45 bits per heavy atom. The van der Waals surface area contributed by atoms with E-state index in [1.807, 2.05) is 6.26 Å². The Bertz CT molecular complexity index is 490. The van der Waals surface area contributed by atoms with Crippen LogP contribution in [0, 0.1) is 5.92 Å². The van der Waals surface area contributed by atoms with Gasteiger partial charge in [-0.1, -0.05) is 23.2 Å².